The number of H-pyrrole nitrogens is 1. The number of aromatic amines is 1. The number of hydrogen-bond acceptors (Lipinski definition) is 3. The summed E-state index contributed by atoms with van der Waals surface area (Å²) in [4.78, 5) is 19.1. The van der Waals surface area contributed by atoms with E-state index in [1.165, 1.54) is 0 Å². The second-order valence-electron chi connectivity index (χ2n) is 3.95. The highest BCUT2D eigenvalue weighted by Gasteiger charge is 2.16. The maximum absolute atomic E-state index is 11.8. The van der Waals surface area contributed by atoms with Crippen molar-refractivity contribution < 1.29 is 0 Å². The molecule has 0 unspecified atom stereocenters. The third-order valence-electron chi connectivity index (χ3n) is 2.81. The van der Waals surface area contributed by atoms with E-state index in [0.717, 1.165) is 21.3 Å². The predicted octanol–water partition coefficient (Wildman–Crippen LogP) is 1.80. The zero-order chi connectivity index (χ0) is 11.8. The number of nitrogens with one attached hydrogen (secondary N) is 2. The molecule has 1 aromatic carbocycles. The van der Waals surface area contributed by atoms with E-state index in [1.54, 1.807) is 0 Å². The van der Waals surface area contributed by atoms with E-state index >= 15 is 0 Å². The van der Waals surface area contributed by atoms with Crippen LogP contribution in [-0.2, 0) is 13.1 Å². The summed E-state index contributed by atoms with van der Waals surface area (Å²) in [5.74, 6) is 0.630. The van der Waals surface area contributed by atoms with Crippen LogP contribution in [0.3, 0.4) is 0 Å². The number of benzene rings is 1. The van der Waals surface area contributed by atoms with Crippen LogP contribution in [0.25, 0.3) is 11.4 Å². The molecule has 2 heterocycles. The van der Waals surface area contributed by atoms with Crippen LogP contribution in [0.5, 0.6) is 0 Å². The van der Waals surface area contributed by atoms with Crippen molar-refractivity contribution >= 4 is 15.9 Å². The first-order chi connectivity index (χ1) is 8.24. The Morgan fingerprint density at radius 3 is 2.71 bits per heavy atom. The standard InChI is InChI=1S/C12H10BrN3O/c13-8-3-1-7(2-4-8)11-15-10-6-14-5-9(10)12(17)16-11/h1-4,14H,5-6H2,(H,15,16,17). The summed E-state index contributed by atoms with van der Waals surface area (Å²) < 4.78 is 1.01. The smallest absolute Gasteiger partial charge is 0.255 e. The van der Waals surface area contributed by atoms with E-state index in [-0.39, 0.29) is 5.56 Å². The Labute approximate surface area is 106 Å². The zero-order valence-electron chi connectivity index (χ0n) is 8.96. The largest absolute Gasteiger partial charge is 0.307 e. The number of aromatic nitrogens is 2. The van der Waals surface area contributed by atoms with E-state index in [9.17, 15) is 4.79 Å². The van der Waals surface area contributed by atoms with Crippen LogP contribution in [0.1, 0.15) is 11.3 Å². The Kier molecular flexibility index (Phi) is 2.57. The molecule has 4 nitrogen and oxygen atoms in total. The minimum Gasteiger partial charge on any atom is -0.307 e. The van der Waals surface area contributed by atoms with Crippen LogP contribution < -0.4 is 10.9 Å². The van der Waals surface area contributed by atoms with Gasteiger partial charge in [-0.05, 0) is 12.1 Å². The molecule has 0 fully saturated rings. The van der Waals surface area contributed by atoms with Gasteiger partial charge in [0.15, 0.2) is 0 Å². The van der Waals surface area contributed by atoms with Crippen LogP contribution in [-0.4, -0.2) is 9.97 Å². The quantitative estimate of drug-likeness (QED) is 0.842. The lowest BCUT2D eigenvalue weighted by Gasteiger charge is -2.03. The molecule has 0 spiro atoms. The minimum atomic E-state index is -0.0436. The van der Waals surface area contributed by atoms with E-state index < -0.39 is 0 Å². The Morgan fingerprint density at radius 2 is 1.94 bits per heavy atom. The van der Waals surface area contributed by atoms with Crippen molar-refractivity contribution in [2.75, 3.05) is 0 Å². The van der Waals surface area contributed by atoms with Crippen LogP contribution in [0.15, 0.2) is 33.5 Å². The molecule has 3 rings (SSSR count). The third-order valence-corrected chi connectivity index (χ3v) is 3.34. The Balaban J connectivity index is 2.13. The van der Waals surface area contributed by atoms with Crippen molar-refractivity contribution in [3.8, 4) is 11.4 Å². The molecular formula is C12H10BrN3O. The Morgan fingerprint density at radius 1 is 1.18 bits per heavy atom. The highest BCUT2D eigenvalue weighted by Crippen LogP contribution is 2.19. The monoisotopic (exact) mass is 291 g/mol. The van der Waals surface area contributed by atoms with Crippen molar-refractivity contribution in [2.24, 2.45) is 0 Å². The molecular weight excluding hydrogens is 282 g/mol. The average Bonchev–Trinajstić information content (AvgIpc) is 2.78. The minimum absolute atomic E-state index is 0.0436. The Hall–Kier alpha value is -1.46. The first-order valence-corrected chi connectivity index (χ1v) is 6.12. The second-order valence-corrected chi connectivity index (χ2v) is 4.87. The Bertz CT molecular complexity index is 619. The number of fused-ring (bicyclic) bond motifs is 1. The summed E-state index contributed by atoms with van der Waals surface area (Å²) in [6.45, 7) is 1.28. The molecule has 0 radical (unpaired) electrons. The van der Waals surface area contributed by atoms with Crippen molar-refractivity contribution in [2.45, 2.75) is 13.1 Å². The molecule has 0 saturated carbocycles. The van der Waals surface area contributed by atoms with Crippen molar-refractivity contribution in [3.05, 3.63) is 50.3 Å². The number of hydrogen-bond donors (Lipinski definition) is 2. The lowest BCUT2D eigenvalue weighted by atomic mass is 10.2. The average molecular weight is 292 g/mol. The van der Waals surface area contributed by atoms with E-state index in [1.807, 2.05) is 24.3 Å². The van der Waals surface area contributed by atoms with E-state index in [2.05, 4.69) is 31.2 Å². The summed E-state index contributed by atoms with van der Waals surface area (Å²) >= 11 is 3.38. The van der Waals surface area contributed by atoms with Gasteiger partial charge in [0.1, 0.15) is 5.82 Å². The number of halogens is 1. The molecule has 0 amide bonds. The first-order valence-electron chi connectivity index (χ1n) is 5.33. The maximum Gasteiger partial charge on any atom is 0.255 e. The van der Waals surface area contributed by atoms with Gasteiger partial charge in [-0.3, -0.25) is 4.79 Å². The fourth-order valence-electron chi connectivity index (χ4n) is 1.92. The van der Waals surface area contributed by atoms with Crippen molar-refractivity contribution in [1.82, 2.24) is 15.3 Å². The molecule has 86 valence electrons. The molecule has 0 bridgehead atoms. The molecule has 0 aliphatic carbocycles. The molecule has 17 heavy (non-hydrogen) atoms. The fraction of sp³-hybridized carbons (Fsp3) is 0.167. The molecule has 2 N–H and O–H groups in total. The molecule has 2 aromatic rings. The summed E-state index contributed by atoms with van der Waals surface area (Å²) in [6, 6.07) is 7.72. The highest BCUT2D eigenvalue weighted by atomic mass is 79.9. The molecule has 1 aliphatic heterocycles. The first kappa shape index (κ1) is 10.7. The predicted molar refractivity (Wildman–Crippen MR) is 68.5 cm³/mol. The molecule has 0 atom stereocenters. The van der Waals surface area contributed by atoms with Gasteiger partial charge < -0.3 is 10.3 Å². The van der Waals surface area contributed by atoms with Crippen molar-refractivity contribution in [3.63, 3.8) is 0 Å². The second kappa shape index (κ2) is 4.09. The fourth-order valence-corrected chi connectivity index (χ4v) is 2.19. The van der Waals surface area contributed by atoms with E-state index in [0.29, 0.717) is 18.9 Å². The van der Waals surface area contributed by atoms with Gasteiger partial charge in [0, 0.05) is 23.1 Å². The summed E-state index contributed by atoms with van der Waals surface area (Å²) in [5.41, 5.74) is 2.48. The van der Waals surface area contributed by atoms with Crippen LogP contribution in [0.2, 0.25) is 0 Å². The van der Waals surface area contributed by atoms with Gasteiger partial charge in [-0.25, -0.2) is 4.98 Å². The molecule has 0 saturated heterocycles. The normalized spacial score (nSPS) is 13.7. The van der Waals surface area contributed by atoms with Crippen molar-refractivity contribution in [1.29, 1.82) is 0 Å². The lowest BCUT2D eigenvalue weighted by Crippen LogP contribution is -2.15. The number of rotatable bonds is 1. The van der Waals surface area contributed by atoms with E-state index in [4.69, 9.17) is 0 Å². The van der Waals surface area contributed by atoms with Crippen LogP contribution in [0.4, 0.5) is 0 Å². The van der Waals surface area contributed by atoms with Gasteiger partial charge in [-0.15, -0.1) is 0 Å². The van der Waals surface area contributed by atoms with Gasteiger partial charge in [0.2, 0.25) is 0 Å². The SMILES string of the molecule is O=c1[nH]c(-c2ccc(Br)cc2)nc2c1CNC2. The number of nitrogens with zero attached hydrogens (tertiary/aromatic N) is 1. The van der Waals surface area contributed by atoms with Gasteiger partial charge in [0.25, 0.3) is 5.56 Å². The summed E-state index contributed by atoms with van der Waals surface area (Å²) in [7, 11) is 0. The van der Waals surface area contributed by atoms with Crippen LogP contribution >= 0.6 is 15.9 Å². The third kappa shape index (κ3) is 1.92. The lowest BCUT2D eigenvalue weighted by molar-refractivity contribution is 0.757. The molecule has 1 aliphatic rings. The topological polar surface area (TPSA) is 57.8 Å². The summed E-state index contributed by atoms with van der Waals surface area (Å²) in [6.07, 6.45) is 0. The highest BCUT2D eigenvalue weighted by molar-refractivity contribution is 9.10. The van der Waals surface area contributed by atoms with Gasteiger partial charge in [-0.2, -0.15) is 0 Å². The van der Waals surface area contributed by atoms with Gasteiger partial charge >= 0.3 is 0 Å². The maximum atomic E-state index is 11.8. The van der Waals surface area contributed by atoms with Crippen LogP contribution in [0, 0.1) is 0 Å². The zero-order valence-corrected chi connectivity index (χ0v) is 10.5. The van der Waals surface area contributed by atoms with Gasteiger partial charge in [-0.1, -0.05) is 28.1 Å². The van der Waals surface area contributed by atoms with Gasteiger partial charge in [0.05, 0.1) is 11.3 Å². The molecule has 1 aromatic heterocycles. The molecule has 5 heteroatoms. The summed E-state index contributed by atoms with van der Waals surface area (Å²) in [5, 5.41) is 3.13.